The van der Waals surface area contributed by atoms with E-state index >= 15 is 0 Å². The second kappa shape index (κ2) is 5.97. The van der Waals surface area contributed by atoms with Crippen LogP contribution in [0.3, 0.4) is 0 Å². The van der Waals surface area contributed by atoms with E-state index in [9.17, 15) is 5.11 Å². The highest BCUT2D eigenvalue weighted by molar-refractivity contribution is 5.18. The molecule has 1 heteroatoms. The molecule has 90 valence electrons. The van der Waals surface area contributed by atoms with E-state index in [0.29, 0.717) is 12.8 Å². The normalized spacial score (nSPS) is 14.9. The summed E-state index contributed by atoms with van der Waals surface area (Å²) in [5.74, 6) is 8.87. The molecular formula is C15H24O. The van der Waals surface area contributed by atoms with Crippen LogP contribution in [-0.4, -0.2) is 10.7 Å². The number of hydrogen-bond donors (Lipinski definition) is 1. The summed E-state index contributed by atoms with van der Waals surface area (Å²) in [6.45, 7) is 10.1. The van der Waals surface area contributed by atoms with Crippen LogP contribution in [0.2, 0.25) is 0 Å². The molecule has 0 saturated heterocycles. The lowest BCUT2D eigenvalue weighted by atomic mass is 9.84. The minimum Gasteiger partial charge on any atom is -0.377 e. The van der Waals surface area contributed by atoms with Gasteiger partial charge >= 0.3 is 0 Å². The maximum atomic E-state index is 10.4. The summed E-state index contributed by atoms with van der Waals surface area (Å²) in [6, 6.07) is 0. The van der Waals surface area contributed by atoms with E-state index in [0.717, 1.165) is 6.42 Å². The number of aliphatic hydroxyl groups is 1. The van der Waals surface area contributed by atoms with Gasteiger partial charge < -0.3 is 5.11 Å². The molecule has 0 radical (unpaired) electrons. The van der Waals surface area contributed by atoms with E-state index in [1.165, 1.54) is 0 Å². The Kier molecular flexibility index (Phi) is 5.63. The first-order chi connectivity index (χ1) is 7.21. The average molecular weight is 220 g/mol. The van der Waals surface area contributed by atoms with Gasteiger partial charge in [0, 0.05) is 11.8 Å². The molecule has 0 aromatic rings. The fraction of sp³-hybridized carbons (Fsp3) is 0.733. The lowest BCUT2D eigenvalue weighted by Crippen LogP contribution is -2.33. The van der Waals surface area contributed by atoms with Crippen molar-refractivity contribution in [2.24, 2.45) is 11.3 Å². The Hall–Kier alpha value is -0.920. The van der Waals surface area contributed by atoms with Crippen LogP contribution in [-0.2, 0) is 0 Å². The number of terminal acetylenes is 1. The first kappa shape index (κ1) is 15.1. The van der Waals surface area contributed by atoms with Crippen molar-refractivity contribution in [2.75, 3.05) is 0 Å². The Balaban J connectivity index is 4.69. The summed E-state index contributed by atoms with van der Waals surface area (Å²) in [7, 11) is 0. The quantitative estimate of drug-likeness (QED) is 0.569. The Labute approximate surface area is 101 Å². The minimum atomic E-state index is -0.899. The molecule has 0 amide bonds. The van der Waals surface area contributed by atoms with Gasteiger partial charge in [0.2, 0.25) is 0 Å². The third kappa shape index (κ3) is 5.84. The molecule has 0 saturated carbocycles. The number of unbranched alkanes of at least 4 members (excludes halogenated alkanes) is 1. The Morgan fingerprint density at radius 3 is 2.12 bits per heavy atom. The van der Waals surface area contributed by atoms with Crippen LogP contribution in [0.15, 0.2) is 0 Å². The van der Waals surface area contributed by atoms with Crippen molar-refractivity contribution >= 4 is 0 Å². The Bertz CT molecular complexity index is 303. The monoisotopic (exact) mass is 220 g/mol. The molecule has 0 bridgehead atoms. The van der Waals surface area contributed by atoms with E-state index in [1.54, 1.807) is 0 Å². The molecule has 1 nitrogen and oxygen atoms in total. The molecule has 0 aromatic carbocycles. The van der Waals surface area contributed by atoms with Crippen LogP contribution in [0.4, 0.5) is 0 Å². The van der Waals surface area contributed by atoms with Crippen molar-refractivity contribution in [1.82, 2.24) is 0 Å². The van der Waals surface area contributed by atoms with Crippen molar-refractivity contribution in [2.45, 2.75) is 59.5 Å². The van der Waals surface area contributed by atoms with E-state index in [1.807, 2.05) is 34.6 Å². The topological polar surface area (TPSA) is 20.2 Å². The molecule has 0 fully saturated rings. The van der Waals surface area contributed by atoms with Crippen molar-refractivity contribution in [3.05, 3.63) is 0 Å². The summed E-state index contributed by atoms with van der Waals surface area (Å²) in [5, 5.41) is 10.4. The van der Waals surface area contributed by atoms with Gasteiger partial charge in [0.25, 0.3) is 0 Å². The van der Waals surface area contributed by atoms with Gasteiger partial charge in [0.15, 0.2) is 0 Å². The summed E-state index contributed by atoms with van der Waals surface area (Å²) in [6.07, 6.45) is 7.38. The summed E-state index contributed by atoms with van der Waals surface area (Å²) in [4.78, 5) is 0. The Morgan fingerprint density at radius 1 is 1.19 bits per heavy atom. The highest BCUT2D eigenvalue weighted by Gasteiger charge is 2.28. The predicted octanol–water partition coefficient (Wildman–Crippen LogP) is 3.23. The second-order valence-electron chi connectivity index (χ2n) is 5.64. The summed E-state index contributed by atoms with van der Waals surface area (Å²) in [5.41, 5.74) is -0.973. The molecule has 1 unspecified atom stereocenters. The zero-order valence-corrected chi connectivity index (χ0v) is 11.2. The zero-order valence-electron chi connectivity index (χ0n) is 11.2. The lowest BCUT2D eigenvalue weighted by molar-refractivity contribution is 0.0427. The Morgan fingerprint density at radius 2 is 1.75 bits per heavy atom. The first-order valence-corrected chi connectivity index (χ1v) is 5.91. The van der Waals surface area contributed by atoms with Crippen molar-refractivity contribution < 1.29 is 5.11 Å². The lowest BCUT2D eigenvalue weighted by Gasteiger charge is -2.27. The maximum absolute atomic E-state index is 10.4. The van der Waals surface area contributed by atoms with Gasteiger partial charge in [-0.15, -0.1) is 12.3 Å². The van der Waals surface area contributed by atoms with Crippen LogP contribution in [0.25, 0.3) is 0 Å². The molecule has 1 atom stereocenters. The summed E-state index contributed by atoms with van der Waals surface area (Å²) < 4.78 is 0. The van der Waals surface area contributed by atoms with Gasteiger partial charge in [-0.25, -0.2) is 0 Å². The molecule has 0 aliphatic rings. The molecule has 16 heavy (non-hydrogen) atoms. The third-order valence-corrected chi connectivity index (χ3v) is 2.49. The van der Waals surface area contributed by atoms with E-state index in [-0.39, 0.29) is 11.3 Å². The minimum absolute atomic E-state index is 0.0744. The largest absolute Gasteiger partial charge is 0.377 e. The maximum Gasteiger partial charge on any atom is 0.127 e. The van der Waals surface area contributed by atoms with Crippen LogP contribution in [0.1, 0.15) is 53.9 Å². The van der Waals surface area contributed by atoms with Crippen LogP contribution in [0.5, 0.6) is 0 Å². The molecule has 0 heterocycles. The van der Waals surface area contributed by atoms with Crippen molar-refractivity contribution in [3.63, 3.8) is 0 Å². The summed E-state index contributed by atoms with van der Waals surface area (Å²) >= 11 is 0. The fourth-order valence-electron chi connectivity index (χ4n) is 1.25. The molecular weight excluding hydrogens is 196 g/mol. The van der Waals surface area contributed by atoms with Crippen LogP contribution >= 0.6 is 0 Å². The van der Waals surface area contributed by atoms with Crippen molar-refractivity contribution in [1.29, 1.82) is 0 Å². The fourth-order valence-corrected chi connectivity index (χ4v) is 1.25. The highest BCUT2D eigenvalue weighted by atomic mass is 16.3. The standard InChI is InChI=1S/C15H24O/c1-7-8-9-10-15(16,13(2)3)12-11-14(4,5)6/h1,13,16H,8-10H2,2-6H3. The van der Waals surface area contributed by atoms with Crippen molar-refractivity contribution in [3.8, 4) is 24.2 Å². The van der Waals surface area contributed by atoms with E-state index < -0.39 is 5.60 Å². The smallest absolute Gasteiger partial charge is 0.127 e. The van der Waals surface area contributed by atoms with Gasteiger partial charge in [-0.2, -0.15) is 0 Å². The van der Waals surface area contributed by atoms with Gasteiger partial charge in [-0.1, -0.05) is 25.7 Å². The molecule has 0 spiro atoms. The number of hydrogen-bond acceptors (Lipinski definition) is 1. The van der Waals surface area contributed by atoms with E-state index in [2.05, 4.69) is 17.8 Å². The molecule has 0 aromatic heterocycles. The van der Waals surface area contributed by atoms with Crippen LogP contribution < -0.4 is 0 Å². The molecule has 1 N–H and O–H groups in total. The zero-order chi connectivity index (χ0) is 12.8. The predicted molar refractivity (Wildman–Crippen MR) is 69.7 cm³/mol. The van der Waals surface area contributed by atoms with Gasteiger partial charge in [0.1, 0.15) is 5.60 Å². The SMILES string of the molecule is C#CCCCC(O)(C#CC(C)(C)C)C(C)C. The molecule has 0 rings (SSSR count). The number of rotatable bonds is 4. The highest BCUT2D eigenvalue weighted by Crippen LogP contribution is 2.24. The molecule has 0 aliphatic heterocycles. The second-order valence-corrected chi connectivity index (χ2v) is 5.64. The average Bonchev–Trinajstić information content (AvgIpc) is 2.14. The molecule has 0 aliphatic carbocycles. The van der Waals surface area contributed by atoms with Gasteiger partial charge in [0.05, 0.1) is 0 Å². The van der Waals surface area contributed by atoms with E-state index in [4.69, 9.17) is 6.42 Å². The third-order valence-electron chi connectivity index (χ3n) is 2.49. The van der Waals surface area contributed by atoms with Gasteiger partial charge in [-0.3, -0.25) is 0 Å². The van der Waals surface area contributed by atoms with Crippen LogP contribution in [0, 0.1) is 35.5 Å². The van der Waals surface area contributed by atoms with Gasteiger partial charge in [-0.05, 0) is 39.5 Å². The first-order valence-electron chi connectivity index (χ1n) is 5.91.